The second-order valence-corrected chi connectivity index (χ2v) is 8.86. The summed E-state index contributed by atoms with van der Waals surface area (Å²) >= 11 is 0. The van der Waals surface area contributed by atoms with E-state index in [2.05, 4.69) is 15.0 Å². The molecule has 0 bridgehead atoms. The maximum atomic E-state index is 12.6. The number of nitrogens with zero attached hydrogens (tertiary/aromatic N) is 3. The molecular weight excluding hydrogens is 516 g/mol. The minimum atomic E-state index is -1.47. The lowest BCUT2D eigenvalue weighted by atomic mass is 10.1. The number of carbonyl (C=O) groups is 4. The van der Waals surface area contributed by atoms with Crippen LogP contribution in [0.2, 0.25) is 0 Å². The molecule has 0 spiro atoms. The first kappa shape index (κ1) is 28.9. The lowest BCUT2D eigenvalue weighted by molar-refractivity contribution is -0.190. The molecule has 14 heteroatoms. The molecule has 0 radical (unpaired) electrons. The van der Waals surface area contributed by atoms with E-state index in [-0.39, 0.29) is 18.1 Å². The Bertz CT molecular complexity index is 1530. The highest BCUT2D eigenvalue weighted by molar-refractivity contribution is 5.81. The van der Waals surface area contributed by atoms with Crippen molar-refractivity contribution in [3.05, 3.63) is 44.1 Å². The Kier molecular flexibility index (Phi) is 8.78. The molecule has 2 aliphatic rings. The highest BCUT2D eigenvalue weighted by Crippen LogP contribution is 2.26. The van der Waals surface area contributed by atoms with Gasteiger partial charge < -0.3 is 23.5 Å². The van der Waals surface area contributed by atoms with Crippen molar-refractivity contribution in [2.75, 3.05) is 6.61 Å². The normalized spacial score (nSPS) is 13.4. The molecule has 0 aliphatic carbocycles. The van der Waals surface area contributed by atoms with E-state index in [0.29, 0.717) is 11.0 Å². The topological polar surface area (TPSA) is 186 Å². The summed E-state index contributed by atoms with van der Waals surface area (Å²) in [5.74, 6) is -3.20. The van der Waals surface area contributed by atoms with Crippen LogP contribution in [0.4, 0.5) is 0 Å². The van der Waals surface area contributed by atoms with Crippen molar-refractivity contribution in [2.24, 2.45) is 0 Å². The van der Waals surface area contributed by atoms with Crippen molar-refractivity contribution in [2.45, 2.75) is 66.4 Å². The van der Waals surface area contributed by atoms with Crippen LogP contribution in [0.3, 0.4) is 0 Å². The average molecular weight is 545 g/mol. The Morgan fingerprint density at radius 2 is 1.44 bits per heavy atom. The first-order valence-electron chi connectivity index (χ1n) is 11.8. The molecule has 0 amide bonds. The number of fused-ring (bicyclic) bond motifs is 2. The van der Waals surface area contributed by atoms with Gasteiger partial charge in [0.25, 0.3) is 5.56 Å². The molecule has 1 N–H and O–H groups in total. The summed E-state index contributed by atoms with van der Waals surface area (Å²) in [7, 11) is 0. The van der Waals surface area contributed by atoms with E-state index in [1.54, 1.807) is 12.1 Å². The van der Waals surface area contributed by atoms with Gasteiger partial charge in [0, 0.05) is 27.7 Å². The molecule has 3 atom stereocenters. The molecule has 14 nitrogen and oxygen atoms in total. The van der Waals surface area contributed by atoms with Crippen molar-refractivity contribution < 1.29 is 38.1 Å². The number of rotatable bonds is 9. The van der Waals surface area contributed by atoms with E-state index >= 15 is 0 Å². The number of benzene rings is 1. The highest BCUT2D eigenvalue weighted by atomic mass is 16.6. The zero-order valence-corrected chi connectivity index (χ0v) is 22.2. The number of nitrogens with one attached hydrogen (secondary N) is 1. The molecule has 2 heterocycles. The zero-order valence-electron chi connectivity index (χ0n) is 22.2. The second kappa shape index (κ2) is 11.8. The van der Waals surface area contributed by atoms with Gasteiger partial charge in [-0.15, -0.1) is 0 Å². The van der Waals surface area contributed by atoms with Gasteiger partial charge in [0.05, 0.1) is 17.6 Å². The Hall–Kier alpha value is -4.62. The molecule has 0 unspecified atom stereocenters. The molecule has 0 aromatic heterocycles. The number of esters is 4. The largest absolute Gasteiger partial charge is 0.462 e. The van der Waals surface area contributed by atoms with Crippen molar-refractivity contribution in [1.29, 1.82) is 0 Å². The minimum Gasteiger partial charge on any atom is -0.462 e. The van der Waals surface area contributed by atoms with Gasteiger partial charge in [-0.2, -0.15) is 4.98 Å². The standard InChI is InChI=1S/C25H28N4O10/c1-11-7-17-18(8-12(11)2)29(23-21(26-17)24(34)28-25(35)27-23)9-19(37-14(4)31)22(39-16(6)33)20(38-15(5)32)10-36-13(3)30/h7-8,19-20,22H,9-10H2,1-6H3,(H,28,34,35)/t19-,20-,22+/m0/s1. The summed E-state index contributed by atoms with van der Waals surface area (Å²) < 4.78 is 22.7. The summed E-state index contributed by atoms with van der Waals surface area (Å²) in [4.78, 5) is 82.8. The van der Waals surface area contributed by atoms with Crippen LogP contribution in [0.5, 0.6) is 0 Å². The van der Waals surface area contributed by atoms with Crippen molar-refractivity contribution in [1.82, 2.24) is 19.5 Å². The predicted octanol–water partition coefficient (Wildman–Crippen LogP) is 0.560. The first-order chi connectivity index (χ1) is 18.3. The molecular formula is C25H28N4O10. The predicted molar refractivity (Wildman–Crippen MR) is 134 cm³/mol. The summed E-state index contributed by atoms with van der Waals surface area (Å²) in [6.07, 6.45) is -4.22. The number of aryl methyl sites for hydroxylation is 2. The van der Waals surface area contributed by atoms with Crippen LogP contribution in [0.15, 0.2) is 21.7 Å². The third-order valence-electron chi connectivity index (χ3n) is 5.71. The molecule has 2 aliphatic heterocycles. The minimum absolute atomic E-state index is 0.123. The Morgan fingerprint density at radius 1 is 0.846 bits per heavy atom. The van der Waals surface area contributed by atoms with Gasteiger partial charge in [0.1, 0.15) is 6.61 Å². The number of aromatic nitrogens is 4. The smallest absolute Gasteiger partial charge is 0.349 e. The number of ether oxygens (including phenoxy) is 4. The van der Waals surface area contributed by atoms with Crippen LogP contribution >= 0.6 is 0 Å². The number of carbonyl (C=O) groups excluding carboxylic acids is 4. The molecule has 39 heavy (non-hydrogen) atoms. The molecule has 0 fully saturated rings. The van der Waals surface area contributed by atoms with Gasteiger partial charge in [0.2, 0.25) is 0 Å². The molecule has 1 aromatic rings. The number of hydrogen-bond acceptors (Lipinski definition) is 12. The average Bonchev–Trinajstić information content (AvgIpc) is 2.80. The van der Waals surface area contributed by atoms with E-state index in [4.69, 9.17) is 18.9 Å². The van der Waals surface area contributed by atoms with E-state index in [1.165, 1.54) is 4.57 Å². The van der Waals surface area contributed by atoms with Gasteiger partial charge in [-0.1, -0.05) is 0 Å². The maximum absolute atomic E-state index is 12.6. The monoisotopic (exact) mass is 544 g/mol. The third kappa shape index (κ3) is 7.03. The summed E-state index contributed by atoms with van der Waals surface area (Å²) in [6, 6.07) is 3.48. The number of H-pyrrole nitrogens is 1. The van der Waals surface area contributed by atoms with Crippen molar-refractivity contribution >= 4 is 34.9 Å². The first-order valence-corrected chi connectivity index (χ1v) is 11.8. The fourth-order valence-electron chi connectivity index (χ4n) is 4.03. The molecule has 0 saturated heterocycles. The van der Waals surface area contributed by atoms with E-state index in [0.717, 1.165) is 38.8 Å². The fraction of sp³-hybridized carbons (Fsp3) is 0.440. The van der Waals surface area contributed by atoms with Crippen LogP contribution in [0.1, 0.15) is 38.8 Å². The lowest BCUT2D eigenvalue weighted by Gasteiger charge is -2.32. The summed E-state index contributed by atoms with van der Waals surface area (Å²) in [5, 5.41) is 0. The molecule has 1 aromatic carbocycles. The van der Waals surface area contributed by atoms with Crippen molar-refractivity contribution in [3.8, 4) is 11.5 Å². The zero-order chi connectivity index (χ0) is 29.0. The second-order valence-electron chi connectivity index (χ2n) is 8.86. The summed E-state index contributed by atoms with van der Waals surface area (Å²) in [5.41, 5.74) is 0.637. The van der Waals surface area contributed by atoms with Crippen LogP contribution in [0, 0.1) is 13.8 Å². The lowest BCUT2D eigenvalue weighted by Crippen LogP contribution is -2.49. The van der Waals surface area contributed by atoms with E-state index in [1.807, 2.05) is 13.8 Å². The molecule has 208 valence electrons. The van der Waals surface area contributed by atoms with Gasteiger partial charge in [0.15, 0.2) is 29.8 Å². The van der Waals surface area contributed by atoms with Crippen LogP contribution in [-0.2, 0) is 44.7 Å². The Morgan fingerprint density at radius 3 is 2.03 bits per heavy atom. The Labute approximate surface area is 221 Å². The van der Waals surface area contributed by atoms with Gasteiger partial charge >= 0.3 is 29.6 Å². The van der Waals surface area contributed by atoms with Gasteiger partial charge in [-0.25, -0.2) is 9.78 Å². The Balaban J connectivity index is 2.28. The van der Waals surface area contributed by atoms with Crippen LogP contribution < -0.4 is 11.2 Å². The number of aromatic amines is 1. The van der Waals surface area contributed by atoms with Gasteiger partial charge in [-0.05, 0) is 37.1 Å². The third-order valence-corrected chi connectivity index (χ3v) is 5.71. The van der Waals surface area contributed by atoms with E-state index in [9.17, 15) is 28.8 Å². The van der Waals surface area contributed by atoms with Crippen LogP contribution in [0.25, 0.3) is 22.6 Å². The van der Waals surface area contributed by atoms with E-state index < -0.39 is 60.0 Å². The van der Waals surface area contributed by atoms with Crippen LogP contribution in [-0.4, -0.2) is 68.3 Å². The maximum Gasteiger partial charge on any atom is 0.349 e. The fourth-order valence-corrected chi connectivity index (χ4v) is 4.03. The van der Waals surface area contributed by atoms with Gasteiger partial charge in [-0.3, -0.25) is 29.0 Å². The number of hydrogen-bond donors (Lipinski definition) is 1. The quantitative estimate of drug-likeness (QED) is 0.224. The SMILES string of the molecule is CC(=O)OC[C@H](OC(C)=O)[C@H](OC(C)=O)[C@H](Cn1c2nc(=O)[nH]c(=O)c-2nc2cc(C)c(C)cc21)OC(C)=O. The molecule has 3 rings (SSSR count). The summed E-state index contributed by atoms with van der Waals surface area (Å²) in [6.45, 7) is 7.29. The van der Waals surface area contributed by atoms with Crippen molar-refractivity contribution in [3.63, 3.8) is 0 Å². The molecule has 0 saturated carbocycles. The highest BCUT2D eigenvalue weighted by Gasteiger charge is 2.39.